The number of nitrogens with one attached hydrogen (secondary N) is 1. The lowest BCUT2D eigenvalue weighted by atomic mass is 10.0. The van der Waals surface area contributed by atoms with Crippen molar-refractivity contribution in [2.45, 2.75) is 13.8 Å². The highest BCUT2D eigenvalue weighted by atomic mass is 32.1. The summed E-state index contributed by atoms with van der Waals surface area (Å²) in [7, 11) is 3.89. The molecule has 0 fully saturated rings. The van der Waals surface area contributed by atoms with Crippen molar-refractivity contribution >= 4 is 39.1 Å². The maximum Gasteiger partial charge on any atom is 0.254 e. The van der Waals surface area contributed by atoms with Crippen LogP contribution in [0.2, 0.25) is 0 Å². The van der Waals surface area contributed by atoms with E-state index in [1.54, 1.807) is 4.90 Å². The van der Waals surface area contributed by atoms with Crippen LogP contribution < -0.4 is 5.32 Å². The summed E-state index contributed by atoms with van der Waals surface area (Å²) in [5, 5.41) is 5.29. The number of anilines is 1. The van der Waals surface area contributed by atoms with Crippen molar-refractivity contribution in [3.05, 3.63) is 58.6 Å². The number of benzene rings is 2. The van der Waals surface area contributed by atoms with Crippen LogP contribution in [0.15, 0.2) is 42.5 Å². The number of aromatic nitrogens is 1. The predicted octanol–water partition coefficient (Wildman–Crippen LogP) is 3.56. The van der Waals surface area contributed by atoms with E-state index in [2.05, 4.69) is 10.3 Å². The van der Waals surface area contributed by atoms with E-state index >= 15 is 0 Å². The van der Waals surface area contributed by atoms with Gasteiger partial charge in [0.2, 0.25) is 5.91 Å². The van der Waals surface area contributed by atoms with Gasteiger partial charge in [-0.2, -0.15) is 0 Å². The number of amides is 2. The average Bonchev–Trinajstić information content (AvgIpc) is 3.00. The maximum atomic E-state index is 13.3. The van der Waals surface area contributed by atoms with Crippen molar-refractivity contribution in [3.63, 3.8) is 0 Å². The first kappa shape index (κ1) is 21.0. The van der Waals surface area contributed by atoms with Crippen molar-refractivity contribution in [3.8, 4) is 0 Å². The molecule has 2 aromatic carbocycles. The standard InChI is InChI=1S/C22H26N4O2S/c1-15-16(2)29-22(23-15)24-20(27)14-26(13-12-25(3)4)21(28)19-11-7-9-17-8-5-6-10-18(17)19/h5-11H,12-14H2,1-4H3,(H,23,24,27). The average molecular weight is 411 g/mol. The molecule has 0 radical (unpaired) electrons. The number of hydrogen-bond donors (Lipinski definition) is 1. The quantitative estimate of drug-likeness (QED) is 0.647. The Morgan fingerprint density at radius 1 is 1.03 bits per heavy atom. The van der Waals surface area contributed by atoms with Crippen molar-refractivity contribution in [2.75, 3.05) is 39.0 Å². The summed E-state index contributed by atoms with van der Waals surface area (Å²) >= 11 is 1.44. The van der Waals surface area contributed by atoms with Crippen LogP contribution in [0.4, 0.5) is 5.13 Å². The summed E-state index contributed by atoms with van der Waals surface area (Å²) in [5.41, 5.74) is 1.51. The number of aryl methyl sites for hydroxylation is 2. The fraction of sp³-hybridized carbons (Fsp3) is 0.318. The number of fused-ring (bicyclic) bond motifs is 1. The third kappa shape index (κ3) is 5.19. The number of hydrogen-bond acceptors (Lipinski definition) is 5. The topological polar surface area (TPSA) is 65.5 Å². The van der Waals surface area contributed by atoms with E-state index in [1.807, 2.05) is 75.3 Å². The lowest BCUT2D eigenvalue weighted by Crippen LogP contribution is -2.41. The van der Waals surface area contributed by atoms with E-state index in [0.717, 1.165) is 21.3 Å². The van der Waals surface area contributed by atoms with Gasteiger partial charge < -0.3 is 15.1 Å². The molecule has 7 heteroatoms. The number of likely N-dealkylation sites (N-methyl/N-ethyl adjacent to an activating group) is 1. The van der Waals surface area contributed by atoms with Gasteiger partial charge in [-0.25, -0.2) is 4.98 Å². The third-order valence-electron chi connectivity index (χ3n) is 4.73. The molecule has 0 spiro atoms. The Labute approximate surface area is 175 Å². The second-order valence-electron chi connectivity index (χ2n) is 7.27. The highest BCUT2D eigenvalue weighted by Crippen LogP contribution is 2.22. The fourth-order valence-electron chi connectivity index (χ4n) is 3.01. The minimum atomic E-state index is -0.244. The summed E-state index contributed by atoms with van der Waals surface area (Å²) in [5.74, 6) is -0.392. The van der Waals surface area contributed by atoms with Crippen LogP contribution in [-0.4, -0.2) is 60.3 Å². The van der Waals surface area contributed by atoms with Crippen LogP contribution >= 0.6 is 11.3 Å². The molecule has 29 heavy (non-hydrogen) atoms. The molecule has 0 aliphatic heterocycles. The predicted molar refractivity (Wildman–Crippen MR) is 119 cm³/mol. The summed E-state index contributed by atoms with van der Waals surface area (Å²) < 4.78 is 0. The molecular formula is C22H26N4O2S. The van der Waals surface area contributed by atoms with Gasteiger partial charge >= 0.3 is 0 Å². The van der Waals surface area contributed by atoms with Gasteiger partial charge in [-0.3, -0.25) is 9.59 Å². The SMILES string of the molecule is Cc1nc(NC(=O)CN(CCN(C)C)C(=O)c2cccc3ccccc23)sc1C. The van der Waals surface area contributed by atoms with Gasteiger partial charge in [-0.1, -0.05) is 36.4 Å². The molecule has 0 aliphatic rings. The van der Waals surface area contributed by atoms with Gasteiger partial charge in [0.15, 0.2) is 5.13 Å². The van der Waals surface area contributed by atoms with Gasteiger partial charge in [0.05, 0.1) is 5.69 Å². The van der Waals surface area contributed by atoms with Crippen LogP contribution in [0.3, 0.4) is 0 Å². The molecule has 0 unspecified atom stereocenters. The Bertz CT molecular complexity index is 1000. The highest BCUT2D eigenvalue weighted by Gasteiger charge is 2.21. The Hall–Kier alpha value is -2.77. The summed E-state index contributed by atoms with van der Waals surface area (Å²) in [4.78, 5) is 35.0. The fourth-order valence-corrected chi connectivity index (χ4v) is 3.84. The van der Waals surface area contributed by atoms with Crippen molar-refractivity contribution in [2.24, 2.45) is 0 Å². The first-order chi connectivity index (χ1) is 13.8. The maximum absolute atomic E-state index is 13.3. The Kier molecular flexibility index (Phi) is 6.61. The zero-order valence-electron chi connectivity index (χ0n) is 17.2. The van der Waals surface area contributed by atoms with E-state index in [-0.39, 0.29) is 18.4 Å². The smallest absolute Gasteiger partial charge is 0.254 e. The van der Waals surface area contributed by atoms with E-state index in [1.165, 1.54) is 11.3 Å². The number of carbonyl (C=O) groups is 2. The van der Waals surface area contributed by atoms with E-state index in [9.17, 15) is 9.59 Å². The molecule has 0 bridgehead atoms. The zero-order chi connectivity index (χ0) is 21.0. The van der Waals surface area contributed by atoms with Crippen molar-refractivity contribution in [1.29, 1.82) is 0 Å². The molecule has 0 saturated heterocycles. The molecule has 152 valence electrons. The van der Waals surface area contributed by atoms with Crippen LogP contribution in [0.1, 0.15) is 20.9 Å². The van der Waals surface area contributed by atoms with E-state index < -0.39 is 0 Å². The Morgan fingerprint density at radius 3 is 2.45 bits per heavy atom. The molecular weight excluding hydrogens is 384 g/mol. The molecule has 0 atom stereocenters. The lowest BCUT2D eigenvalue weighted by molar-refractivity contribution is -0.116. The molecule has 1 aromatic heterocycles. The van der Waals surface area contributed by atoms with Crippen LogP contribution in [0.5, 0.6) is 0 Å². The summed E-state index contributed by atoms with van der Waals surface area (Å²) in [6.45, 7) is 4.98. The van der Waals surface area contributed by atoms with Crippen LogP contribution in [0.25, 0.3) is 10.8 Å². The van der Waals surface area contributed by atoms with E-state index in [4.69, 9.17) is 0 Å². The molecule has 0 aliphatic carbocycles. The minimum absolute atomic E-state index is 0.0203. The molecule has 2 amide bonds. The lowest BCUT2D eigenvalue weighted by Gasteiger charge is -2.24. The monoisotopic (exact) mass is 410 g/mol. The number of thiazole rings is 1. The first-order valence-electron chi connectivity index (χ1n) is 9.51. The van der Waals surface area contributed by atoms with Gasteiger partial charge in [-0.05, 0) is 44.8 Å². The first-order valence-corrected chi connectivity index (χ1v) is 10.3. The van der Waals surface area contributed by atoms with Crippen LogP contribution in [0, 0.1) is 13.8 Å². The normalized spacial score (nSPS) is 11.1. The van der Waals surface area contributed by atoms with E-state index in [0.29, 0.717) is 23.8 Å². The highest BCUT2D eigenvalue weighted by molar-refractivity contribution is 7.15. The number of nitrogens with zero attached hydrogens (tertiary/aromatic N) is 3. The second-order valence-corrected chi connectivity index (χ2v) is 8.47. The van der Waals surface area contributed by atoms with Crippen LogP contribution in [-0.2, 0) is 4.79 Å². The molecule has 3 aromatic rings. The van der Waals surface area contributed by atoms with Crippen molar-refractivity contribution < 1.29 is 9.59 Å². The molecule has 3 rings (SSSR count). The summed E-state index contributed by atoms with van der Waals surface area (Å²) in [6.07, 6.45) is 0. The molecule has 0 saturated carbocycles. The largest absolute Gasteiger partial charge is 0.328 e. The number of carbonyl (C=O) groups excluding carboxylic acids is 2. The van der Waals surface area contributed by atoms with Gasteiger partial charge in [-0.15, -0.1) is 11.3 Å². The minimum Gasteiger partial charge on any atom is -0.328 e. The Balaban J connectivity index is 1.81. The van der Waals surface area contributed by atoms with Crippen molar-refractivity contribution in [1.82, 2.24) is 14.8 Å². The zero-order valence-corrected chi connectivity index (χ0v) is 18.0. The molecule has 6 nitrogen and oxygen atoms in total. The third-order valence-corrected chi connectivity index (χ3v) is 5.72. The Morgan fingerprint density at radius 2 is 1.76 bits per heavy atom. The second kappa shape index (κ2) is 9.15. The summed E-state index contributed by atoms with van der Waals surface area (Å²) in [6, 6.07) is 13.5. The molecule has 1 heterocycles. The van der Waals surface area contributed by atoms with Gasteiger partial charge in [0.25, 0.3) is 5.91 Å². The number of rotatable bonds is 7. The molecule has 1 N–H and O–H groups in total. The van der Waals surface area contributed by atoms with Gasteiger partial charge in [0, 0.05) is 23.5 Å². The van der Waals surface area contributed by atoms with Gasteiger partial charge in [0.1, 0.15) is 6.54 Å².